The van der Waals surface area contributed by atoms with Gasteiger partial charge in [-0.05, 0) is 32.2 Å². The van der Waals surface area contributed by atoms with Gasteiger partial charge in [0.1, 0.15) is 0 Å². The molecule has 0 aromatic rings. The van der Waals surface area contributed by atoms with E-state index in [-0.39, 0.29) is 12.0 Å². The van der Waals surface area contributed by atoms with E-state index >= 15 is 0 Å². The van der Waals surface area contributed by atoms with Gasteiger partial charge in [-0.1, -0.05) is 13.8 Å². The summed E-state index contributed by atoms with van der Waals surface area (Å²) in [5.74, 6) is 0.312. The number of carbonyl (C=O) groups is 1. The summed E-state index contributed by atoms with van der Waals surface area (Å²) in [6, 6.07) is 0. The quantitative estimate of drug-likeness (QED) is 0.476. The smallest absolute Gasteiger partial charge is 0.217 e. The van der Waals surface area contributed by atoms with Crippen molar-refractivity contribution in [2.45, 2.75) is 52.2 Å². The van der Waals surface area contributed by atoms with Gasteiger partial charge in [0, 0.05) is 13.0 Å². The van der Waals surface area contributed by atoms with Crippen molar-refractivity contribution in [3.8, 4) is 0 Å². The van der Waals surface area contributed by atoms with Gasteiger partial charge in [0.2, 0.25) is 5.91 Å². The molecule has 5 nitrogen and oxygen atoms in total. The van der Waals surface area contributed by atoms with Gasteiger partial charge < -0.3 is 20.9 Å². The third-order valence-electron chi connectivity index (χ3n) is 2.53. The van der Waals surface area contributed by atoms with Crippen molar-refractivity contribution in [3.05, 3.63) is 0 Å². The summed E-state index contributed by atoms with van der Waals surface area (Å²) in [6.07, 6.45) is 1.75. The molecule has 0 saturated carbocycles. The Balaban J connectivity index is 3.42. The minimum atomic E-state index is -0.506. The molecular weight excluding hydrogens is 232 g/mol. The number of hydrogen-bond acceptors (Lipinski definition) is 4. The first-order valence-electron chi connectivity index (χ1n) is 6.70. The molecular formula is C13H28N2O3. The lowest BCUT2D eigenvalue weighted by Crippen LogP contribution is -2.32. The van der Waals surface area contributed by atoms with Gasteiger partial charge in [-0.3, -0.25) is 4.79 Å². The lowest BCUT2D eigenvalue weighted by atomic mass is 10.1. The Bertz CT molecular complexity index is 222. The topological polar surface area (TPSA) is 84.6 Å². The Morgan fingerprint density at radius 2 is 2.06 bits per heavy atom. The first-order valence-corrected chi connectivity index (χ1v) is 6.70. The molecule has 0 rings (SSSR count). The second-order valence-corrected chi connectivity index (χ2v) is 5.20. The molecule has 0 aliphatic carbocycles. The number of primary amides is 1. The number of amides is 1. The fraction of sp³-hybridized carbons (Fsp3) is 0.923. The van der Waals surface area contributed by atoms with Gasteiger partial charge in [-0.15, -0.1) is 0 Å². The highest BCUT2D eigenvalue weighted by Gasteiger charge is 2.09. The fourth-order valence-electron chi connectivity index (χ4n) is 1.72. The molecule has 0 fully saturated rings. The monoisotopic (exact) mass is 260 g/mol. The zero-order valence-electron chi connectivity index (χ0n) is 11.8. The summed E-state index contributed by atoms with van der Waals surface area (Å²) in [6.45, 7) is 7.82. The van der Waals surface area contributed by atoms with Gasteiger partial charge in [-0.2, -0.15) is 0 Å². The van der Waals surface area contributed by atoms with Crippen LogP contribution in [0.25, 0.3) is 0 Å². The van der Waals surface area contributed by atoms with Crippen LogP contribution in [0.3, 0.4) is 0 Å². The Morgan fingerprint density at radius 1 is 1.39 bits per heavy atom. The Morgan fingerprint density at radius 3 is 2.61 bits per heavy atom. The lowest BCUT2D eigenvalue weighted by Gasteiger charge is -2.18. The number of hydrogen-bond donors (Lipinski definition) is 3. The van der Waals surface area contributed by atoms with Crippen LogP contribution in [0, 0.1) is 5.92 Å². The normalized spacial score (nSPS) is 14.7. The van der Waals surface area contributed by atoms with Crippen LogP contribution in [0.1, 0.15) is 40.0 Å². The first kappa shape index (κ1) is 17.4. The molecule has 2 atom stereocenters. The van der Waals surface area contributed by atoms with Crippen LogP contribution in [0.15, 0.2) is 0 Å². The predicted molar refractivity (Wildman–Crippen MR) is 72.2 cm³/mol. The van der Waals surface area contributed by atoms with E-state index in [9.17, 15) is 9.90 Å². The molecule has 0 aliphatic heterocycles. The van der Waals surface area contributed by atoms with Crippen LogP contribution in [-0.4, -0.2) is 42.9 Å². The molecule has 18 heavy (non-hydrogen) atoms. The molecule has 108 valence electrons. The summed E-state index contributed by atoms with van der Waals surface area (Å²) in [5, 5.41) is 12.7. The number of carbonyl (C=O) groups excluding carboxylic acids is 1. The van der Waals surface area contributed by atoms with E-state index in [0.717, 1.165) is 6.42 Å². The van der Waals surface area contributed by atoms with Crippen molar-refractivity contribution < 1.29 is 14.6 Å². The largest absolute Gasteiger partial charge is 0.389 e. The average Bonchev–Trinajstić information content (AvgIpc) is 2.24. The molecule has 5 heteroatoms. The highest BCUT2D eigenvalue weighted by molar-refractivity contribution is 5.73. The van der Waals surface area contributed by atoms with Gasteiger partial charge >= 0.3 is 0 Å². The fourth-order valence-corrected chi connectivity index (χ4v) is 1.72. The second-order valence-electron chi connectivity index (χ2n) is 5.20. The maximum absolute atomic E-state index is 10.5. The number of rotatable bonds is 11. The summed E-state index contributed by atoms with van der Waals surface area (Å²) >= 11 is 0. The van der Waals surface area contributed by atoms with E-state index in [4.69, 9.17) is 10.5 Å². The minimum absolute atomic E-state index is 0.175. The lowest BCUT2D eigenvalue weighted by molar-refractivity contribution is -0.118. The molecule has 0 aliphatic rings. The van der Waals surface area contributed by atoms with Crippen molar-refractivity contribution in [1.29, 1.82) is 0 Å². The van der Waals surface area contributed by atoms with Crippen LogP contribution < -0.4 is 11.1 Å². The van der Waals surface area contributed by atoms with Gasteiger partial charge in [0.05, 0.1) is 18.8 Å². The van der Waals surface area contributed by atoms with E-state index in [0.29, 0.717) is 38.5 Å². The average molecular weight is 260 g/mol. The van der Waals surface area contributed by atoms with E-state index in [1.807, 2.05) is 6.92 Å². The number of aliphatic hydroxyl groups is 1. The molecule has 0 aromatic heterocycles. The minimum Gasteiger partial charge on any atom is -0.389 e. The van der Waals surface area contributed by atoms with E-state index in [1.165, 1.54) is 0 Å². The standard InChI is InChI=1S/C13H28N2O3/c1-10(2)7-11(3)18-9-12(16)8-15-6-4-5-13(14)17/h10-12,15-16H,4-9H2,1-3H3,(H2,14,17). The number of nitrogens with two attached hydrogens (primary N) is 1. The Labute approximate surface area is 110 Å². The third kappa shape index (κ3) is 11.8. The highest BCUT2D eigenvalue weighted by atomic mass is 16.5. The van der Waals surface area contributed by atoms with Crippen LogP contribution in [0.4, 0.5) is 0 Å². The molecule has 0 radical (unpaired) electrons. The van der Waals surface area contributed by atoms with Gasteiger partial charge in [-0.25, -0.2) is 0 Å². The molecule has 0 saturated heterocycles. The maximum atomic E-state index is 10.5. The molecule has 0 spiro atoms. The summed E-state index contributed by atoms with van der Waals surface area (Å²) < 4.78 is 5.55. The van der Waals surface area contributed by atoms with Crippen LogP contribution in [0.2, 0.25) is 0 Å². The van der Waals surface area contributed by atoms with Crippen molar-refractivity contribution in [2.75, 3.05) is 19.7 Å². The zero-order chi connectivity index (χ0) is 14.0. The summed E-state index contributed by atoms with van der Waals surface area (Å²) in [7, 11) is 0. The molecule has 2 unspecified atom stereocenters. The highest BCUT2D eigenvalue weighted by Crippen LogP contribution is 2.07. The van der Waals surface area contributed by atoms with Gasteiger partial charge in [0.25, 0.3) is 0 Å². The Hall–Kier alpha value is -0.650. The second kappa shape index (κ2) is 10.3. The van der Waals surface area contributed by atoms with Crippen molar-refractivity contribution in [3.63, 3.8) is 0 Å². The van der Waals surface area contributed by atoms with Crippen LogP contribution in [-0.2, 0) is 9.53 Å². The SMILES string of the molecule is CC(C)CC(C)OCC(O)CNCCCC(N)=O. The number of ether oxygens (including phenoxy) is 1. The maximum Gasteiger partial charge on any atom is 0.217 e. The van der Waals surface area contributed by atoms with Crippen molar-refractivity contribution in [2.24, 2.45) is 11.7 Å². The van der Waals surface area contributed by atoms with E-state index in [2.05, 4.69) is 19.2 Å². The van der Waals surface area contributed by atoms with Gasteiger partial charge in [0.15, 0.2) is 0 Å². The zero-order valence-corrected chi connectivity index (χ0v) is 11.8. The van der Waals surface area contributed by atoms with E-state index in [1.54, 1.807) is 0 Å². The molecule has 0 heterocycles. The van der Waals surface area contributed by atoms with Crippen LogP contribution >= 0.6 is 0 Å². The molecule has 0 aromatic carbocycles. The predicted octanol–water partition coefficient (Wildman–Crippen LogP) is 0.654. The van der Waals surface area contributed by atoms with Crippen LogP contribution in [0.5, 0.6) is 0 Å². The number of nitrogens with one attached hydrogen (secondary N) is 1. The Kier molecular flexibility index (Phi) is 9.92. The third-order valence-corrected chi connectivity index (χ3v) is 2.53. The summed E-state index contributed by atoms with van der Waals surface area (Å²) in [4.78, 5) is 10.5. The van der Waals surface area contributed by atoms with E-state index < -0.39 is 6.10 Å². The number of aliphatic hydroxyl groups excluding tert-OH is 1. The van der Waals surface area contributed by atoms with Crippen molar-refractivity contribution in [1.82, 2.24) is 5.32 Å². The molecule has 0 bridgehead atoms. The molecule has 4 N–H and O–H groups in total. The van der Waals surface area contributed by atoms with Crippen molar-refractivity contribution >= 4 is 5.91 Å². The summed E-state index contributed by atoms with van der Waals surface area (Å²) in [5.41, 5.74) is 5.02. The molecule has 1 amide bonds. The first-order chi connectivity index (χ1) is 8.41.